The fraction of sp³-hybridized carbons (Fsp3) is 0.750. The molecule has 136 valence electrons. The normalized spacial score (nSPS) is 28.5. The second kappa shape index (κ2) is 5.94. The monoisotopic (exact) mass is 356 g/mol. The Kier molecular flexibility index (Phi) is 4.73. The quantitative estimate of drug-likeness (QED) is 0.743. The highest BCUT2D eigenvalue weighted by Crippen LogP contribution is 2.50. The summed E-state index contributed by atoms with van der Waals surface area (Å²) in [5.41, 5.74) is -2.90. The smallest absolute Gasteiger partial charge is 0.330 e. The molecule has 0 aliphatic carbocycles. The molecule has 2 N–H and O–H groups in total. The Morgan fingerprint density at radius 3 is 2.46 bits per heavy atom. The number of H-pyrrole nitrogens is 1. The van der Waals surface area contributed by atoms with E-state index in [0.29, 0.717) is 16.0 Å². The first-order valence-electron chi connectivity index (χ1n) is 8.08. The third-order valence-corrected chi connectivity index (χ3v) is 6.18. The van der Waals surface area contributed by atoms with Crippen molar-refractivity contribution >= 4 is 10.5 Å². The van der Waals surface area contributed by atoms with Gasteiger partial charge < -0.3 is 14.3 Å². The van der Waals surface area contributed by atoms with E-state index in [2.05, 4.69) is 4.98 Å². The average molecular weight is 356 g/mol. The third-order valence-electron chi connectivity index (χ3n) is 5.13. The van der Waals surface area contributed by atoms with Gasteiger partial charge in [0.2, 0.25) is 0 Å². The maximum absolute atomic E-state index is 12.2. The zero-order chi connectivity index (χ0) is 18.5. The predicted octanol–water partition coefficient (Wildman–Crippen LogP) is -0.0147. The van der Waals surface area contributed by atoms with Crippen molar-refractivity contribution in [3.8, 4) is 0 Å². The summed E-state index contributed by atoms with van der Waals surface area (Å²) in [5, 5.41) is 11.4. The fourth-order valence-electron chi connectivity index (χ4n) is 3.20. The van der Waals surface area contributed by atoms with Crippen molar-refractivity contribution in [2.24, 2.45) is 5.41 Å². The van der Waals surface area contributed by atoms with Crippen LogP contribution in [-0.2, 0) is 9.16 Å². The van der Waals surface area contributed by atoms with Crippen LogP contribution in [-0.4, -0.2) is 42.4 Å². The molecule has 3 atom stereocenters. The van der Waals surface area contributed by atoms with E-state index < -0.39 is 40.2 Å². The fourth-order valence-corrected chi connectivity index (χ4v) is 3.41. The van der Waals surface area contributed by atoms with E-state index in [4.69, 9.17) is 9.16 Å². The van der Waals surface area contributed by atoms with Gasteiger partial charge in [-0.15, -0.1) is 0 Å². The number of nitrogens with one attached hydrogen (secondary N) is 1. The lowest BCUT2D eigenvalue weighted by Gasteiger charge is -2.45. The summed E-state index contributed by atoms with van der Waals surface area (Å²) in [6, 6.07) is 0. The van der Waals surface area contributed by atoms with Crippen molar-refractivity contribution in [1.82, 2.24) is 9.55 Å². The second-order valence-electron chi connectivity index (χ2n) is 8.14. The van der Waals surface area contributed by atoms with Gasteiger partial charge in [0, 0.05) is 18.2 Å². The van der Waals surface area contributed by atoms with Crippen LogP contribution < -0.4 is 11.2 Å². The van der Waals surface area contributed by atoms with Crippen LogP contribution in [0.25, 0.3) is 0 Å². The minimum Gasteiger partial charge on any atom is -0.420 e. The number of hydrogen-bond donors (Lipinski definition) is 2. The Morgan fingerprint density at radius 1 is 1.38 bits per heavy atom. The number of hydrogen-bond acceptors (Lipinski definition) is 5. The van der Waals surface area contributed by atoms with E-state index in [9.17, 15) is 14.7 Å². The SMILES string of the molecule is Cc1cn([C@H]2C[C@@](O)(C(C)(C)C)[C@@H](C(C)(C)O[SiH3])O2)c(=O)[nH]c1=O. The number of aliphatic hydroxyl groups is 1. The maximum atomic E-state index is 12.2. The van der Waals surface area contributed by atoms with Crippen LogP contribution in [0.5, 0.6) is 0 Å². The molecular formula is C16H28N2O5Si. The molecule has 2 rings (SSSR count). The molecule has 0 amide bonds. The summed E-state index contributed by atoms with van der Waals surface area (Å²) < 4.78 is 13.1. The van der Waals surface area contributed by atoms with Crippen LogP contribution >= 0.6 is 0 Å². The number of ether oxygens (including phenoxy) is 1. The minimum absolute atomic E-state index is 0.237. The third kappa shape index (κ3) is 3.03. The van der Waals surface area contributed by atoms with Gasteiger partial charge >= 0.3 is 5.69 Å². The molecule has 24 heavy (non-hydrogen) atoms. The zero-order valence-electron chi connectivity index (χ0n) is 15.5. The molecule has 0 aromatic carbocycles. The lowest BCUT2D eigenvalue weighted by atomic mass is 9.68. The highest BCUT2D eigenvalue weighted by atomic mass is 28.2. The van der Waals surface area contributed by atoms with Crippen molar-refractivity contribution in [2.45, 2.75) is 71.5 Å². The van der Waals surface area contributed by atoms with Gasteiger partial charge in [-0.1, -0.05) is 20.8 Å². The molecule has 7 nitrogen and oxygen atoms in total. The molecule has 1 aromatic heterocycles. The average Bonchev–Trinajstić information content (AvgIpc) is 2.82. The molecule has 0 bridgehead atoms. The number of aromatic amines is 1. The van der Waals surface area contributed by atoms with Gasteiger partial charge in [-0.2, -0.15) is 0 Å². The van der Waals surface area contributed by atoms with E-state index >= 15 is 0 Å². The van der Waals surface area contributed by atoms with Gasteiger partial charge in [0.15, 0.2) is 0 Å². The number of aromatic nitrogens is 2. The van der Waals surface area contributed by atoms with Gasteiger partial charge in [0.05, 0.1) is 5.60 Å². The Hall–Kier alpha value is -1.22. The van der Waals surface area contributed by atoms with Crippen LogP contribution in [0.1, 0.15) is 52.8 Å². The van der Waals surface area contributed by atoms with Crippen molar-refractivity contribution in [1.29, 1.82) is 0 Å². The molecule has 1 aliphatic rings. The molecule has 2 heterocycles. The van der Waals surface area contributed by atoms with Crippen LogP contribution in [0.15, 0.2) is 15.8 Å². The lowest BCUT2D eigenvalue weighted by molar-refractivity contribution is -0.173. The molecule has 1 saturated heterocycles. The summed E-state index contributed by atoms with van der Waals surface area (Å²) in [6.45, 7) is 11.2. The van der Waals surface area contributed by atoms with Crippen molar-refractivity contribution in [3.05, 3.63) is 32.6 Å². The number of aryl methyl sites for hydroxylation is 1. The zero-order valence-corrected chi connectivity index (χ0v) is 17.5. The van der Waals surface area contributed by atoms with E-state index in [1.54, 1.807) is 6.92 Å². The van der Waals surface area contributed by atoms with E-state index in [1.165, 1.54) is 10.8 Å². The van der Waals surface area contributed by atoms with Crippen LogP contribution in [0.3, 0.4) is 0 Å². The minimum atomic E-state index is -1.19. The van der Waals surface area contributed by atoms with Crippen LogP contribution in [0.4, 0.5) is 0 Å². The standard InChI is InChI=1S/C16H28N2O5Si/c1-9-8-18(13(20)17-11(9)19)10-7-16(21,14(2,3)4)12(22-10)15(5,6)23-24/h8,10,12,21H,7H2,1-6,24H3,(H,17,19,20)/t10-,12-,16+/m1/s1. The molecule has 0 unspecified atom stereocenters. The molecule has 1 aliphatic heterocycles. The summed E-state index contributed by atoms with van der Waals surface area (Å²) in [7, 11) is 0.500. The first-order chi connectivity index (χ1) is 10.8. The molecule has 0 saturated carbocycles. The van der Waals surface area contributed by atoms with Crippen molar-refractivity contribution < 1.29 is 14.3 Å². The summed E-state index contributed by atoms with van der Waals surface area (Å²) in [6.07, 6.45) is 0.442. The Labute approximate surface area is 144 Å². The van der Waals surface area contributed by atoms with Gasteiger partial charge in [0.1, 0.15) is 28.4 Å². The Balaban J connectivity index is 2.53. The molecule has 0 spiro atoms. The van der Waals surface area contributed by atoms with Crippen LogP contribution in [0, 0.1) is 12.3 Å². The second-order valence-corrected chi connectivity index (χ2v) is 8.54. The molecular weight excluding hydrogens is 328 g/mol. The van der Waals surface area contributed by atoms with E-state index in [-0.39, 0.29) is 6.42 Å². The number of nitrogens with zero attached hydrogens (tertiary/aromatic N) is 1. The highest BCUT2D eigenvalue weighted by Gasteiger charge is 2.59. The predicted molar refractivity (Wildman–Crippen MR) is 94.1 cm³/mol. The van der Waals surface area contributed by atoms with E-state index in [1.807, 2.05) is 34.6 Å². The van der Waals surface area contributed by atoms with Gasteiger partial charge in [-0.25, -0.2) is 4.79 Å². The van der Waals surface area contributed by atoms with Crippen molar-refractivity contribution in [2.75, 3.05) is 0 Å². The number of rotatable bonds is 3. The molecule has 0 radical (unpaired) electrons. The summed E-state index contributed by atoms with van der Waals surface area (Å²) in [5.74, 6) is 0. The summed E-state index contributed by atoms with van der Waals surface area (Å²) >= 11 is 0. The van der Waals surface area contributed by atoms with Gasteiger partial charge in [-0.05, 0) is 26.2 Å². The largest absolute Gasteiger partial charge is 0.420 e. The summed E-state index contributed by atoms with van der Waals surface area (Å²) in [4.78, 5) is 26.1. The van der Waals surface area contributed by atoms with Gasteiger partial charge in [-0.3, -0.25) is 14.3 Å². The maximum Gasteiger partial charge on any atom is 0.330 e. The van der Waals surface area contributed by atoms with Gasteiger partial charge in [0.25, 0.3) is 5.56 Å². The lowest BCUT2D eigenvalue weighted by Crippen LogP contribution is -2.58. The topological polar surface area (TPSA) is 93.6 Å². The Bertz CT molecular complexity index is 733. The highest BCUT2D eigenvalue weighted by molar-refractivity contribution is 5.98. The van der Waals surface area contributed by atoms with E-state index in [0.717, 1.165) is 0 Å². The molecule has 1 fully saturated rings. The Morgan fingerprint density at radius 2 is 1.96 bits per heavy atom. The molecule has 1 aromatic rings. The first-order valence-corrected chi connectivity index (χ1v) is 8.90. The first kappa shape index (κ1) is 19.1. The van der Waals surface area contributed by atoms with Crippen molar-refractivity contribution in [3.63, 3.8) is 0 Å². The molecule has 8 heteroatoms. The van der Waals surface area contributed by atoms with Crippen LogP contribution in [0.2, 0.25) is 0 Å².